The standard InChI is InChI=1S/C21H21N3O2S/c1-14(2)18(24-19(25)15-6-4-3-5-7-15)20(26)23-17-10-8-16(9-11-17)21-22-12-13-27-21/h3-14,18H,1-2H3,(H,23,26)(H,24,25)/t18-/m1/s1. The second-order valence-corrected chi connectivity index (χ2v) is 7.36. The first-order chi connectivity index (χ1) is 13.0. The first kappa shape index (κ1) is 18.8. The maximum atomic E-state index is 12.7. The summed E-state index contributed by atoms with van der Waals surface area (Å²) in [4.78, 5) is 29.4. The molecule has 0 radical (unpaired) electrons. The van der Waals surface area contributed by atoms with E-state index in [4.69, 9.17) is 0 Å². The highest BCUT2D eigenvalue weighted by atomic mass is 32.1. The van der Waals surface area contributed by atoms with Crippen LogP contribution >= 0.6 is 11.3 Å². The molecule has 0 saturated heterocycles. The zero-order valence-electron chi connectivity index (χ0n) is 15.2. The van der Waals surface area contributed by atoms with Gasteiger partial charge >= 0.3 is 0 Å². The van der Waals surface area contributed by atoms with E-state index >= 15 is 0 Å². The number of thiazole rings is 1. The average Bonchev–Trinajstić information content (AvgIpc) is 3.21. The Bertz CT molecular complexity index is 891. The smallest absolute Gasteiger partial charge is 0.251 e. The van der Waals surface area contributed by atoms with Crippen LogP contribution in [0.2, 0.25) is 0 Å². The second kappa shape index (κ2) is 8.60. The number of nitrogens with one attached hydrogen (secondary N) is 2. The Labute approximate surface area is 162 Å². The van der Waals surface area contributed by atoms with Gasteiger partial charge in [0, 0.05) is 28.4 Å². The van der Waals surface area contributed by atoms with Gasteiger partial charge in [-0.05, 0) is 42.3 Å². The minimum atomic E-state index is -0.628. The Balaban J connectivity index is 1.67. The molecule has 1 aromatic heterocycles. The van der Waals surface area contributed by atoms with Crippen molar-refractivity contribution in [2.45, 2.75) is 19.9 Å². The van der Waals surface area contributed by atoms with Gasteiger partial charge < -0.3 is 10.6 Å². The minimum Gasteiger partial charge on any atom is -0.340 e. The van der Waals surface area contributed by atoms with Gasteiger partial charge in [-0.2, -0.15) is 0 Å². The fourth-order valence-corrected chi connectivity index (χ4v) is 3.28. The van der Waals surface area contributed by atoms with E-state index in [0.717, 1.165) is 10.6 Å². The molecule has 5 nitrogen and oxygen atoms in total. The van der Waals surface area contributed by atoms with Crippen molar-refractivity contribution in [3.63, 3.8) is 0 Å². The molecular weight excluding hydrogens is 358 g/mol. The zero-order valence-corrected chi connectivity index (χ0v) is 16.0. The summed E-state index contributed by atoms with van der Waals surface area (Å²) in [5.41, 5.74) is 2.21. The molecule has 0 saturated carbocycles. The number of nitrogens with zero attached hydrogens (tertiary/aromatic N) is 1. The van der Waals surface area contributed by atoms with Crippen LogP contribution in [-0.2, 0) is 4.79 Å². The van der Waals surface area contributed by atoms with Crippen LogP contribution in [0.4, 0.5) is 5.69 Å². The van der Waals surface area contributed by atoms with Crippen LogP contribution in [0.15, 0.2) is 66.2 Å². The van der Waals surface area contributed by atoms with Crippen LogP contribution in [0.3, 0.4) is 0 Å². The van der Waals surface area contributed by atoms with E-state index in [2.05, 4.69) is 15.6 Å². The monoisotopic (exact) mass is 379 g/mol. The average molecular weight is 379 g/mol. The Kier molecular flexibility index (Phi) is 5.98. The molecule has 1 heterocycles. The van der Waals surface area contributed by atoms with Gasteiger partial charge in [0.05, 0.1) is 0 Å². The Morgan fingerprint density at radius 3 is 2.30 bits per heavy atom. The highest BCUT2D eigenvalue weighted by Crippen LogP contribution is 2.23. The normalized spacial score (nSPS) is 11.8. The predicted octanol–water partition coefficient (Wildman–Crippen LogP) is 4.20. The third-order valence-corrected chi connectivity index (χ3v) is 4.93. The summed E-state index contributed by atoms with van der Waals surface area (Å²) in [6.07, 6.45) is 1.76. The fourth-order valence-electron chi connectivity index (χ4n) is 2.63. The van der Waals surface area contributed by atoms with Crippen LogP contribution in [-0.4, -0.2) is 22.8 Å². The fraction of sp³-hybridized carbons (Fsp3) is 0.190. The van der Waals surface area contributed by atoms with Crippen molar-refractivity contribution in [2.24, 2.45) is 5.92 Å². The van der Waals surface area contributed by atoms with Gasteiger partial charge in [-0.3, -0.25) is 9.59 Å². The number of hydrogen-bond donors (Lipinski definition) is 2. The highest BCUT2D eigenvalue weighted by Gasteiger charge is 2.24. The molecule has 3 aromatic rings. The van der Waals surface area contributed by atoms with Crippen molar-refractivity contribution in [3.8, 4) is 10.6 Å². The molecule has 2 N–H and O–H groups in total. The lowest BCUT2D eigenvalue weighted by molar-refractivity contribution is -0.118. The second-order valence-electron chi connectivity index (χ2n) is 6.47. The molecular formula is C21H21N3O2S. The summed E-state index contributed by atoms with van der Waals surface area (Å²) in [6.45, 7) is 3.81. The third-order valence-electron chi connectivity index (χ3n) is 4.10. The molecule has 0 bridgehead atoms. The van der Waals surface area contributed by atoms with E-state index in [1.165, 1.54) is 0 Å². The number of hydrogen-bond acceptors (Lipinski definition) is 4. The topological polar surface area (TPSA) is 71.1 Å². The van der Waals surface area contributed by atoms with Crippen molar-refractivity contribution in [2.75, 3.05) is 5.32 Å². The number of rotatable bonds is 6. The Hall–Kier alpha value is -2.99. The Morgan fingerprint density at radius 2 is 1.70 bits per heavy atom. The van der Waals surface area contributed by atoms with E-state index in [0.29, 0.717) is 11.3 Å². The van der Waals surface area contributed by atoms with Crippen LogP contribution in [0, 0.1) is 5.92 Å². The number of amides is 2. The summed E-state index contributed by atoms with van der Waals surface area (Å²) in [7, 11) is 0. The van der Waals surface area contributed by atoms with Crippen molar-refractivity contribution in [1.82, 2.24) is 10.3 Å². The van der Waals surface area contributed by atoms with Crippen molar-refractivity contribution >= 4 is 28.8 Å². The molecule has 0 spiro atoms. The molecule has 2 aromatic carbocycles. The van der Waals surface area contributed by atoms with E-state index in [1.54, 1.807) is 41.8 Å². The molecule has 27 heavy (non-hydrogen) atoms. The Morgan fingerprint density at radius 1 is 1.00 bits per heavy atom. The molecule has 0 unspecified atom stereocenters. The SMILES string of the molecule is CC(C)[C@@H](NC(=O)c1ccccc1)C(=O)Nc1ccc(-c2nccs2)cc1. The molecule has 0 fully saturated rings. The maximum Gasteiger partial charge on any atom is 0.251 e. The van der Waals surface area contributed by atoms with E-state index in [9.17, 15) is 9.59 Å². The van der Waals surface area contributed by atoms with Gasteiger partial charge in [-0.15, -0.1) is 11.3 Å². The first-order valence-electron chi connectivity index (χ1n) is 8.71. The molecule has 138 valence electrons. The van der Waals surface area contributed by atoms with Gasteiger partial charge in [0.1, 0.15) is 11.0 Å². The summed E-state index contributed by atoms with van der Waals surface area (Å²) < 4.78 is 0. The lowest BCUT2D eigenvalue weighted by atomic mass is 10.0. The van der Waals surface area contributed by atoms with Gasteiger partial charge in [0.2, 0.25) is 5.91 Å². The van der Waals surface area contributed by atoms with E-state index in [-0.39, 0.29) is 17.7 Å². The zero-order chi connectivity index (χ0) is 19.2. The molecule has 3 rings (SSSR count). The maximum absolute atomic E-state index is 12.7. The van der Waals surface area contributed by atoms with Gasteiger partial charge in [0.15, 0.2) is 0 Å². The number of carbonyl (C=O) groups is 2. The van der Waals surface area contributed by atoms with Gasteiger partial charge in [0.25, 0.3) is 5.91 Å². The molecule has 1 atom stereocenters. The molecule has 0 aliphatic rings. The van der Waals surface area contributed by atoms with Crippen molar-refractivity contribution in [1.29, 1.82) is 0 Å². The number of benzene rings is 2. The van der Waals surface area contributed by atoms with Crippen molar-refractivity contribution in [3.05, 3.63) is 71.7 Å². The lowest BCUT2D eigenvalue weighted by Crippen LogP contribution is -2.47. The van der Waals surface area contributed by atoms with Crippen LogP contribution in [0.25, 0.3) is 10.6 Å². The van der Waals surface area contributed by atoms with Crippen LogP contribution < -0.4 is 10.6 Å². The van der Waals surface area contributed by atoms with Gasteiger partial charge in [-0.25, -0.2) is 4.98 Å². The highest BCUT2D eigenvalue weighted by molar-refractivity contribution is 7.13. The van der Waals surface area contributed by atoms with E-state index in [1.807, 2.05) is 49.6 Å². The molecule has 2 amide bonds. The van der Waals surface area contributed by atoms with Crippen LogP contribution in [0.1, 0.15) is 24.2 Å². The van der Waals surface area contributed by atoms with Crippen molar-refractivity contribution < 1.29 is 9.59 Å². The molecule has 0 aliphatic carbocycles. The van der Waals surface area contributed by atoms with E-state index < -0.39 is 6.04 Å². The largest absolute Gasteiger partial charge is 0.340 e. The molecule has 0 aliphatic heterocycles. The minimum absolute atomic E-state index is 0.0488. The number of carbonyl (C=O) groups excluding carboxylic acids is 2. The van der Waals surface area contributed by atoms with Gasteiger partial charge in [-0.1, -0.05) is 32.0 Å². The van der Waals surface area contributed by atoms with Crippen LogP contribution in [0.5, 0.6) is 0 Å². The first-order valence-corrected chi connectivity index (χ1v) is 9.59. The predicted molar refractivity (Wildman–Crippen MR) is 109 cm³/mol. The lowest BCUT2D eigenvalue weighted by Gasteiger charge is -2.22. The number of anilines is 1. The summed E-state index contributed by atoms with van der Waals surface area (Å²) in [5, 5.41) is 8.57. The third kappa shape index (κ3) is 4.80. The summed E-state index contributed by atoms with van der Waals surface area (Å²) >= 11 is 1.56. The summed E-state index contributed by atoms with van der Waals surface area (Å²) in [6, 6.07) is 15.8. The molecule has 6 heteroatoms. The number of aromatic nitrogens is 1. The quantitative estimate of drug-likeness (QED) is 0.674. The summed E-state index contributed by atoms with van der Waals surface area (Å²) in [5.74, 6) is -0.549.